The Morgan fingerprint density at radius 3 is 2.50 bits per heavy atom. The van der Waals surface area contributed by atoms with E-state index in [2.05, 4.69) is 5.10 Å². The largest absolute Gasteiger partial charge is 0.469 e. The highest BCUT2D eigenvalue weighted by atomic mass is 16.5. The van der Waals surface area contributed by atoms with Crippen LogP contribution in [0.5, 0.6) is 0 Å². The first-order chi connectivity index (χ1) is 12.6. The summed E-state index contributed by atoms with van der Waals surface area (Å²) in [7, 11) is 3.19. The molecule has 0 aliphatic carbocycles. The van der Waals surface area contributed by atoms with Crippen LogP contribution in [0.15, 0.2) is 59.4 Å². The molecule has 0 radical (unpaired) electrons. The van der Waals surface area contributed by atoms with Gasteiger partial charge in [-0.3, -0.25) is 9.59 Å². The van der Waals surface area contributed by atoms with Crippen LogP contribution in [0.2, 0.25) is 0 Å². The van der Waals surface area contributed by atoms with Gasteiger partial charge in [-0.05, 0) is 18.2 Å². The molecule has 2 aromatic heterocycles. The zero-order chi connectivity index (χ0) is 18.3. The van der Waals surface area contributed by atoms with E-state index >= 15 is 0 Å². The summed E-state index contributed by atoms with van der Waals surface area (Å²) < 4.78 is 8.03. The number of aromatic nitrogens is 3. The third-order valence-electron chi connectivity index (χ3n) is 4.55. The van der Waals surface area contributed by atoms with Crippen LogP contribution in [-0.4, -0.2) is 27.4 Å². The summed E-state index contributed by atoms with van der Waals surface area (Å²) in [6, 6.07) is 16.9. The van der Waals surface area contributed by atoms with Crippen LogP contribution in [0.25, 0.3) is 27.5 Å². The Bertz CT molecular complexity index is 1190. The van der Waals surface area contributed by atoms with Gasteiger partial charge in [-0.25, -0.2) is 0 Å². The lowest BCUT2D eigenvalue weighted by molar-refractivity contribution is -0.139. The summed E-state index contributed by atoms with van der Waals surface area (Å²) in [5.74, 6) is -0.398. The molecule has 0 aliphatic heterocycles. The molecule has 0 amide bonds. The molecule has 0 aliphatic rings. The number of esters is 1. The lowest BCUT2D eigenvalue weighted by Gasteiger charge is -2.09. The summed E-state index contributed by atoms with van der Waals surface area (Å²) in [5, 5.41) is 6.11. The van der Waals surface area contributed by atoms with Crippen LogP contribution in [-0.2, 0) is 23.0 Å². The minimum Gasteiger partial charge on any atom is -0.469 e. The van der Waals surface area contributed by atoms with Gasteiger partial charge in [-0.1, -0.05) is 36.4 Å². The minimum atomic E-state index is -0.398. The van der Waals surface area contributed by atoms with E-state index in [1.54, 1.807) is 0 Å². The number of carbonyl (C=O) groups excluding carboxylic acids is 1. The lowest BCUT2D eigenvalue weighted by Crippen LogP contribution is -2.25. The molecular formula is C20H17N3O3. The van der Waals surface area contributed by atoms with Crippen LogP contribution < -0.4 is 5.56 Å². The Morgan fingerprint density at radius 1 is 1.08 bits per heavy atom. The second-order valence-electron chi connectivity index (χ2n) is 6.05. The zero-order valence-electron chi connectivity index (χ0n) is 14.5. The van der Waals surface area contributed by atoms with Crippen molar-refractivity contribution in [2.45, 2.75) is 6.42 Å². The first-order valence-corrected chi connectivity index (χ1v) is 8.23. The molecule has 2 aromatic carbocycles. The molecule has 0 saturated heterocycles. The van der Waals surface area contributed by atoms with Gasteiger partial charge in [-0.2, -0.15) is 9.78 Å². The molecule has 0 spiro atoms. The maximum Gasteiger partial charge on any atom is 0.311 e. The Kier molecular flexibility index (Phi) is 3.80. The van der Waals surface area contributed by atoms with E-state index in [0.29, 0.717) is 22.3 Å². The molecule has 2 heterocycles. The number of ether oxygens (including phenoxy) is 1. The number of carbonyl (C=O) groups is 1. The highest BCUT2D eigenvalue weighted by Crippen LogP contribution is 2.28. The monoisotopic (exact) mass is 347 g/mol. The quantitative estimate of drug-likeness (QED) is 0.534. The summed E-state index contributed by atoms with van der Waals surface area (Å²) in [5.41, 5.74) is 2.38. The fourth-order valence-corrected chi connectivity index (χ4v) is 3.33. The Labute approximate surface area is 149 Å². The van der Waals surface area contributed by atoms with Gasteiger partial charge >= 0.3 is 5.97 Å². The van der Waals surface area contributed by atoms with Crippen LogP contribution in [0.3, 0.4) is 0 Å². The normalized spacial score (nSPS) is 11.2. The van der Waals surface area contributed by atoms with E-state index in [9.17, 15) is 9.59 Å². The predicted octanol–water partition coefficient (Wildman–Crippen LogP) is 2.59. The Hall–Kier alpha value is -3.41. The van der Waals surface area contributed by atoms with Crippen molar-refractivity contribution in [1.82, 2.24) is 14.3 Å². The zero-order valence-corrected chi connectivity index (χ0v) is 14.5. The molecular weight excluding hydrogens is 330 g/mol. The van der Waals surface area contributed by atoms with Crippen LogP contribution in [0.4, 0.5) is 0 Å². The van der Waals surface area contributed by atoms with Crippen molar-refractivity contribution in [2.24, 2.45) is 7.05 Å². The third kappa shape index (κ3) is 2.38. The second kappa shape index (κ2) is 6.15. The van der Waals surface area contributed by atoms with Gasteiger partial charge in [-0.15, -0.1) is 0 Å². The van der Waals surface area contributed by atoms with Crippen molar-refractivity contribution in [1.29, 1.82) is 0 Å². The van der Waals surface area contributed by atoms with Gasteiger partial charge in [0.1, 0.15) is 5.52 Å². The van der Waals surface area contributed by atoms with Crippen molar-refractivity contribution in [3.63, 3.8) is 0 Å². The number of aryl methyl sites for hydroxylation is 1. The van der Waals surface area contributed by atoms with Gasteiger partial charge in [0.2, 0.25) is 0 Å². The number of benzene rings is 2. The highest BCUT2D eigenvalue weighted by molar-refractivity contribution is 6.09. The molecule has 0 fully saturated rings. The van der Waals surface area contributed by atoms with Crippen molar-refractivity contribution in [3.05, 3.63) is 70.6 Å². The minimum absolute atomic E-state index is 0.00583. The number of methoxy groups -OCH3 is 1. The van der Waals surface area contributed by atoms with Gasteiger partial charge < -0.3 is 9.30 Å². The number of rotatable bonds is 3. The average molecular weight is 347 g/mol. The molecule has 26 heavy (non-hydrogen) atoms. The van der Waals surface area contributed by atoms with Gasteiger partial charge in [0, 0.05) is 23.3 Å². The van der Waals surface area contributed by atoms with Crippen LogP contribution in [0.1, 0.15) is 5.69 Å². The van der Waals surface area contributed by atoms with E-state index in [4.69, 9.17) is 4.74 Å². The molecule has 0 saturated carbocycles. The lowest BCUT2D eigenvalue weighted by atomic mass is 10.1. The van der Waals surface area contributed by atoms with E-state index < -0.39 is 5.97 Å². The second-order valence-corrected chi connectivity index (χ2v) is 6.05. The highest BCUT2D eigenvalue weighted by Gasteiger charge is 2.20. The number of fused-ring (bicyclic) bond motifs is 3. The molecule has 0 unspecified atom stereocenters. The SMILES string of the molecule is COC(=O)Cc1nn(-c2ccccc2)c(=O)c2c1c1ccccc1n2C. The molecule has 4 rings (SSSR count). The molecule has 130 valence electrons. The summed E-state index contributed by atoms with van der Waals surface area (Å²) in [4.78, 5) is 25.1. The molecule has 4 aromatic rings. The Morgan fingerprint density at radius 2 is 1.77 bits per heavy atom. The average Bonchev–Trinajstić information content (AvgIpc) is 2.98. The standard InChI is InChI=1S/C20H17N3O3/c1-22-16-11-7-6-10-14(16)18-15(12-17(24)26-2)21-23(20(25)19(18)22)13-8-4-3-5-9-13/h3-11H,12H2,1-2H3. The summed E-state index contributed by atoms with van der Waals surface area (Å²) in [6.07, 6.45) is -0.00583. The van der Waals surface area contributed by atoms with E-state index in [-0.39, 0.29) is 12.0 Å². The van der Waals surface area contributed by atoms with Crippen molar-refractivity contribution >= 4 is 27.8 Å². The molecule has 6 nitrogen and oxygen atoms in total. The fraction of sp³-hybridized carbons (Fsp3) is 0.150. The third-order valence-corrected chi connectivity index (χ3v) is 4.55. The van der Waals surface area contributed by atoms with Crippen LogP contribution >= 0.6 is 0 Å². The number of nitrogens with zero attached hydrogens (tertiary/aromatic N) is 3. The molecule has 0 atom stereocenters. The molecule has 0 N–H and O–H groups in total. The molecule has 0 bridgehead atoms. The number of hydrogen-bond donors (Lipinski definition) is 0. The van der Waals surface area contributed by atoms with E-state index in [0.717, 1.165) is 10.9 Å². The summed E-state index contributed by atoms with van der Waals surface area (Å²) in [6.45, 7) is 0. The maximum absolute atomic E-state index is 13.2. The maximum atomic E-state index is 13.2. The first-order valence-electron chi connectivity index (χ1n) is 8.23. The van der Waals surface area contributed by atoms with Crippen molar-refractivity contribution in [3.8, 4) is 5.69 Å². The molecule has 6 heteroatoms. The first kappa shape index (κ1) is 16.1. The van der Waals surface area contributed by atoms with Gasteiger partial charge in [0.25, 0.3) is 5.56 Å². The summed E-state index contributed by atoms with van der Waals surface area (Å²) >= 11 is 0. The van der Waals surface area contributed by atoms with Crippen molar-refractivity contribution < 1.29 is 9.53 Å². The van der Waals surface area contributed by atoms with E-state index in [1.807, 2.05) is 66.2 Å². The van der Waals surface area contributed by atoms with E-state index in [1.165, 1.54) is 11.8 Å². The fourth-order valence-electron chi connectivity index (χ4n) is 3.33. The smallest absolute Gasteiger partial charge is 0.311 e. The van der Waals surface area contributed by atoms with Crippen LogP contribution in [0, 0.1) is 0 Å². The predicted molar refractivity (Wildman–Crippen MR) is 99.5 cm³/mol. The Balaban J connectivity index is 2.15. The number of para-hydroxylation sites is 2. The van der Waals surface area contributed by atoms with Gasteiger partial charge in [0.05, 0.1) is 24.9 Å². The topological polar surface area (TPSA) is 66.1 Å². The van der Waals surface area contributed by atoms with Crippen molar-refractivity contribution in [2.75, 3.05) is 7.11 Å². The van der Waals surface area contributed by atoms with Gasteiger partial charge in [0.15, 0.2) is 0 Å². The number of hydrogen-bond acceptors (Lipinski definition) is 4.